The topological polar surface area (TPSA) is 126 Å². The Labute approximate surface area is 204 Å². The van der Waals surface area contributed by atoms with Gasteiger partial charge in [-0.05, 0) is 53.8 Å². The molecule has 3 aromatic rings. The summed E-state index contributed by atoms with van der Waals surface area (Å²) in [7, 11) is -0.103. The van der Waals surface area contributed by atoms with E-state index in [2.05, 4.69) is 0 Å². The van der Waals surface area contributed by atoms with E-state index in [-0.39, 0.29) is 22.7 Å². The van der Waals surface area contributed by atoms with Crippen molar-refractivity contribution >= 4 is 21.5 Å². The third kappa shape index (κ3) is 4.38. The van der Waals surface area contributed by atoms with Gasteiger partial charge in [-0.3, -0.25) is 14.2 Å². The molecule has 0 aliphatic heterocycles. The molecule has 0 spiro atoms. The van der Waals surface area contributed by atoms with Crippen molar-refractivity contribution in [1.29, 1.82) is 5.26 Å². The van der Waals surface area contributed by atoms with E-state index in [1.807, 2.05) is 63.2 Å². The second kappa shape index (κ2) is 8.48. The highest BCUT2D eigenvalue weighted by molar-refractivity contribution is 7.89. The standard InChI is InChI=1S/C26H26N4O4S/c1-26(2)13-21-24(22(31)14-26)23(16-5-7-17(8-6-16)29(3)4)20(15-27)25(32)30(21)18-9-11-19(12-10-18)35(28,33)34/h5-12H,13-14H2,1-4H3,(H2,28,33,34). The first-order valence-corrected chi connectivity index (χ1v) is 12.5. The molecule has 0 saturated carbocycles. The van der Waals surface area contributed by atoms with Gasteiger partial charge in [-0.1, -0.05) is 26.0 Å². The van der Waals surface area contributed by atoms with Gasteiger partial charge < -0.3 is 4.90 Å². The summed E-state index contributed by atoms with van der Waals surface area (Å²) in [6, 6.07) is 14.9. The van der Waals surface area contributed by atoms with Gasteiger partial charge in [0, 0.05) is 48.7 Å². The maximum Gasteiger partial charge on any atom is 0.273 e. The molecule has 180 valence electrons. The zero-order valence-electron chi connectivity index (χ0n) is 20.0. The Bertz CT molecular complexity index is 1540. The van der Waals surface area contributed by atoms with Crippen molar-refractivity contribution in [2.75, 3.05) is 19.0 Å². The van der Waals surface area contributed by atoms with E-state index in [1.54, 1.807) is 0 Å². The summed E-state index contributed by atoms with van der Waals surface area (Å²) < 4.78 is 24.7. The van der Waals surface area contributed by atoms with Crippen molar-refractivity contribution in [1.82, 2.24) is 4.57 Å². The van der Waals surface area contributed by atoms with Crippen LogP contribution in [-0.2, 0) is 16.4 Å². The van der Waals surface area contributed by atoms with Gasteiger partial charge in [-0.15, -0.1) is 0 Å². The lowest BCUT2D eigenvalue weighted by Gasteiger charge is -2.33. The van der Waals surface area contributed by atoms with E-state index >= 15 is 0 Å². The van der Waals surface area contributed by atoms with Gasteiger partial charge in [0.25, 0.3) is 5.56 Å². The Kier molecular flexibility index (Phi) is 5.91. The number of Topliss-reactive ketones (excluding diaryl/α,β-unsaturated/α-hetero) is 1. The minimum absolute atomic E-state index is 0.0994. The van der Waals surface area contributed by atoms with Crippen LogP contribution in [0.2, 0.25) is 0 Å². The Morgan fingerprint density at radius 2 is 1.57 bits per heavy atom. The lowest BCUT2D eigenvalue weighted by Crippen LogP contribution is -2.36. The number of hydrogen-bond donors (Lipinski definition) is 1. The second-order valence-corrected chi connectivity index (χ2v) is 11.3. The number of pyridine rings is 1. The Morgan fingerprint density at radius 1 is 0.971 bits per heavy atom. The first kappa shape index (κ1) is 24.4. The first-order chi connectivity index (χ1) is 16.3. The second-order valence-electron chi connectivity index (χ2n) is 9.75. The number of nitrogens with zero attached hydrogens (tertiary/aromatic N) is 3. The number of aromatic nitrogens is 1. The van der Waals surface area contributed by atoms with Crippen molar-refractivity contribution in [3.63, 3.8) is 0 Å². The molecule has 1 heterocycles. The quantitative estimate of drug-likeness (QED) is 0.598. The highest BCUT2D eigenvalue weighted by atomic mass is 32.2. The molecule has 2 aromatic carbocycles. The molecule has 9 heteroatoms. The lowest BCUT2D eigenvalue weighted by atomic mass is 9.73. The number of nitrogens with two attached hydrogens (primary N) is 1. The Balaban J connectivity index is 2.07. The fraction of sp³-hybridized carbons (Fsp3) is 0.269. The molecule has 0 unspecified atom stereocenters. The molecule has 4 rings (SSSR count). The van der Waals surface area contributed by atoms with E-state index in [0.717, 1.165) is 5.69 Å². The minimum atomic E-state index is -3.92. The normalized spacial score (nSPS) is 14.8. The van der Waals surface area contributed by atoms with E-state index in [9.17, 15) is 23.3 Å². The minimum Gasteiger partial charge on any atom is -0.378 e. The number of primary sulfonamides is 1. The highest BCUT2D eigenvalue weighted by Crippen LogP contribution is 2.40. The highest BCUT2D eigenvalue weighted by Gasteiger charge is 2.37. The predicted octanol–water partition coefficient (Wildman–Crippen LogP) is 3.24. The van der Waals surface area contributed by atoms with Gasteiger partial charge >= 0.3 is 0 Å². The maximum absolute atomic E-state index is 13.7. The fourth-order valence-corrected chi connectivity index (χ4v) is 5.12. The van der Waals surface area contributed by atoms with E-state index in [0.29, 0.717) is 34.5 Å². The molecule has 35 heavy (non-hydrogen) atoms. The van der Waals surface area contributed by atoms with Crippen molar-refractivity contribution in [2.24, 2.45) is 10.6 Å². The first-order valence-electron chi connectivity index (χ1n) is 11.0. The molecule has 0 atom stereocenters. The number of hydrogen-bond acceptors (Lipinski definition) is 6. The van der Waals surface area contributed by atoms with E-state index < -0.39 is 21.0 Å². The van der Waals surface area contributed by atoms with Crippen LogP contribution < -0.4 is 15.6 Å². The van der Waals surface area contributed by atoms with Crippen LogP contribution in [0.1, 0.15) is 41.9 Å². The van der Waals surface area contributed by atoms with Crippen molar-refractivity contribution in [3.8, 4) is 22.9 Å². The lowest BCUT2D eigenvalue weighted by molar-refractivity contribution is 0.0909. The summed E-state index contributed by atoms with van der Waals surface area (Å²) in [5.41, 5.74) is 2.02. The maximum atomic E-state index is 13.7. The van der Waals surface area contributed by atoms with Gasteiger partial charge in [-0.25, -0.2) is 13.6 Å². The number of rotatable bonds is 4. The number of fused-ring (bicyclic) bond motifs is 1. The molecule has 1 aliphatic carbocycles. The van der Waals surface area contributed by atoms with Crippen LogP contribution >= 0.6 is 0 Å². The van der Waals surface area contributed by atoms with Crippen LogP contribution in [0, 0.1) is 16.7 Å². The van der Waals surface area contributed by atoms with Crippen molar-refractivity contribution in [3.05, 3.63) is 75.7 Å². The summed E-state index contributed by atoms with van der Waals surface area (Å²) in [4.78, 5) is 29.0. The number of carbonyl (C=O) groups excluding carboxylic acids is 1. The van der Waals surface area contributed by atoms with Gasteiger partial charge in [-0.2, -0.15) is 5.26 Å². The van der Waals surface area contributed by atoms with Crippen LogP contribution in [-0.4, -0.2) is 32.9 Å². The van der Waals surface area contributed by atoms with Gasteiger partial charge in [0.2, 0.25) is 10.0 Å². The van der Waals surface area contributed by atoms with Gasteiger partial charge in [0.1, 0.15) is 11.6 Å². The summed E-state index contributed by atoms with van der Waals surface area (Å²) in [6.07, 6.45) is 0.699. The number of benzene rings is 2. The van der Waals surface area contributed by atoms with E-state index in [4.69, 9.17) is 5.14 Å². The molecule has 2 N–H and O–H groups in total. The predicted molar refractivity (Wildman–Crippen MR) is 134 cm³/mol. The smallest absolute Gasteiger partial charge is 0.273 e. The van der Waals surface area contributed by atoms with Gasteiger partial charge in [0.05, 0.1) is 4.90 Å². The van der Waals surface area contributed by atoms with Crippen molar-refractivity contribution in [2.45, 2.75) is 31.6 Å². The largest absolute Gasteiger partial charge is 0.378 e. The third-order valence-electron chi connectivity index (χ3n) is 6.25. The fourth-order valence-electron chi connectivity index (χ4n) is 4.61. The summed E-state index contributed by atoms with van der Waals surface area (Å²) in [6.45, 7) is 3.91. The summed E-state index contributed by atoms with van der Waals surface area (Å²) in [5, 5.41) is 15.2. The SMILES string of the molecule is CN(C)c1ccc(-c2c3c(n(-c4ccc(S(N)(=O)=O)cc4)c(=O)c2C#N)CC(C)(C)CC3=O)cc1. The number of nitriles is 1. The molecule has 0 radical (unpaired) electrons. The zero-order valence-corrected chi connectivity index (χ0v) is 20.8. The Hall–Kier alpha value is -3.74. The molecule has 0 amide bonds. The summed E-state index contributed by atoms with van der Waals surface area (Å²) >= 11 is 0. The molecule has 1 aliphatic rings. The monoisotopic (exact) mass is 490 g/mol. The molecular formula is C26H26N4O4S. The van der Waals surface area contributed by atoms with Crippen LogP contribution in [0.5, 0.6) is 0 Å². The third-order valence-corrected chi connectivity index (χ3v) is 7.18. The molecular weight excluding hydrogens is 464 g/mol. The average Bonchev–Trinajstić information content (AvgIpc) is 2.77. The molecule has 0 bridgehead atoms. The van der Waals surface area contributed by atoms with Crippen LogP contribution in [0.25, 0.3) is 16.8 Å². The molecule has 0 saturated heterocycles. The molecule has 0 fully saturated rings. The number of carbonyl (C=O) groups is 1. The number of sulfonamides is 1. The molecule has 8 nitrogen and oxygen atoms in total. The van der Waals surface area contributed by atoms with E-state index in [1.165, 1.54) is 28.8 Å². The van der Waals surface area contributed by atoms with Crippen LogP contribution in [0.3, 0.4) is 0 Å². The van der Waals surface area contributed by atoms with Crippen LogP contribution in [0.4, 0.5) is 5.69 Å². The summed E-state index contributed by atoms with van der Waals surface area (Å²) in [5.74, 6) is -0.144. The average molecular weight is 491 g/mol. The zero-order chi connectivity index (χ0) is 25.7. The number of ketones is 1. The van der Waals surface area contributed by atoms with Crippen molar-refractivity contribution < 1.29 is 13.2 Å². The van der Waals surface area contributed by atoms with Gasteiger partial charge in [0.15, 0.2) is 5.78 Å². The van der Waals surface area contributed by atoms with Crippen LogP contribution in [0.15, 0.2) is 58.2 Å². The number of anilines is 1. The Morgan fingerprint density at radius 3 is 2.09 bits per heavy atom. The molecule has 1 aromatic heterocycles.